The number of carbonyl (C=O) groups is 2. The van der Waals surface area contributed by atoms with Crippen LogP contribution in [0.2, 0.25) is 0 Å². The van der Waals surface area contributed by atoms with Crippen molar-refractivity contribution >= 4 is 18.0 Å². The molecule has 1 amide bonds. The van der Waals surface area contributed by atoms with Crippen molar-refractivity contribution in [3.63, 3.8) is 0 Å². The van der Waals surface area contributed by atoms with Gasteiger partial charge < -0.3 is 10.0 Å². The number of likely N-dealkylation sites (tertiary alicyclic amines) is 1. The van der Waals surface area contributed by atoms with Crippen LogP contribution in [-0.2, 0) is 4.79 Å². The maximum Gasteiger partial charge on any atom is 0.328 e. The molecule has 1 aliphatic rings. The van der Waals surface area contributed by atoms with Crippen LogP contribution in [0.4, 0.5) is 4.39 Å². The molecule has 112 valence electrons. The van der Waals surface area contributed by atoms with Gasteiger partial charge >= 0.3 is 5.97 Å². The van der Waals surface area contributed by atoms with E-state index in [1.54, 1.807) is 4.90 Å². The summed E-state index contributed by atoms with van der Waals surface area (Å²) in [4.78, 5) is 24.4. The van der Waals surface area contributed by atoms with E-state index >= 15 is 0 Å². The Bertz CT molecular complexity index is 575. The van der Waals surface area contributed by atoms with Crippen molar-refractivity contribution in [1.82, 2.24) is 4.90 Å². The van der Waals surface area contributed by atoms with Gasteiger partial charge in [-0.2, -0.15) is 0 Å². The second-order valence-electron chi connectivity index (χ2n) is 5.38. The molecule has 1 fully saturated rings. The second-order valence-corrected chi connectivity index (χ2v) is 5.38. The normalized spacial score (nSPS) is 16.4. The fourth-order valence-electron chi connectivity index (χ4n) is 2.35. The highest BCUT2D eigenvalue weighted by atomic mass is 19.1. The zero-order valence-corrected chi connectivity index (χ0v) is 11.9. The smallest absolute Gasteiger partial charge is 0.328 e. The lowest BCUT2D eigenvalue weighted by atomic mass is 9.98. The van der Waals surface area contributed by atoms with Crippen molar-refractivity contribution in [2.24, 2.45) is 5.92 Å². The summed E-state index contributed by atoms with van der Waals surface area (Å²) >= 11 is 0. The molecule has 1 aromatic rings. The van der Waals surface area contributed by atoms with E-state index in [0.717, 1.165) is 18.9 Å². The number of carboxylic acid groups (broad SMARTS) is 1. The van der Waals surface area contributed by atoms with Crippen LogP contribution in [0.1, 0.15) is 35.7 Å². The number of hydrogen-bond acceptors (Lipinski definition) is 2. The minimum atomic E-state index is -1.14. The highest BCUT2D eigenvalue weighted by molar-refractivity contribution is 5.94. The summed E-state index contributed by atoms with van der Waals surface area (Å²) in [6, 6.07) is 4.13. The standard InChI is InChI=1S/C16H18FNO3/c1-11-6-8-18(9-7-11)16(21)13-3-2-12(14(17)10-13)4-5-15(19)20/h2-5,10-11H,6-9H2,1H3,(H,19,20). The lowest BCUT2D eigenvalue weighted by Gasteiger charge is -2.30. The molecule has 0 radical (unpaired) electrons. The largest absolute Gasteiger partial charge is 0.478 e. The summed E-state index contributed by atoms with van der Waals surface area (Å²) in [5.74, 6) is -1.29. The molecule has 1 aromatic carbocycles. The SMILES string of the molecule is CC1CCN(C(=O)c2ccc(C=CC(=O)O)c(F)c2)CC1. The van der Waals surface area contributed by atoms with E-state index < -0.39 is 11.8 Å². The first-order valence-corrected chi connectivity index (χ1v) is 6.97. The van der Waals surface area contributed by atoms with E-state index in [1.165, 1.54) is 24.3 Å². The molecule has 1 aliphatic heterocycles. The van der Waals surface area contributed by atoms with E-state index in [0.29, 0.717) is 24.6 Å². The Morgan fingerprint density at radius 3 is 2.57 bits per heavy atom. The number of piperidine rings is 1. The molecular weight excluding hydrogens is 273 g/mol. The summed E-state index contributed by atoms with van der Waals surface area (Å²) in [7, 11) is 0. The third kappa shape index (κ3) is 3.90. The Balaban J connectivity index is 2.12. The third-order valence-corrected chi connectivity index (χ3v) is 3.72. The number of halogens is 1. The Hall–Kier alpha value is -2.17. The monoisotopic (exact) mass is 291 g/mol. The first-order chi connectivity index (χ1) is 9.97. The number of benzene rings is 1. The van der Waals surface area contributed by atoms with Crippen LogP contribution in [0.15, 0.2) is 24.3 Å². The average molecular weight is 291 g/mol. The van der Waals surface area contributed by atoms with Crippen LogP contribution >= 0.6 is 0 Å². The van der Waals surface area contributed by atoms with Gasteiger partial charge in [0.25, 0.3) is 5.91 Å². The van der Waals surface area contributed by atoms with E-state index in [-0.39, 0.29) is 11.5 Å². The predicted octanol–water partition coefficient (Wildman–Crippen LogP) is 2.80. The maximum atomic E-state index is 13.9. The maximum absolute atomic E-state index is 13.9. The van der Waals surface area contributed by atoms with Crippen molar-refractivity contribution < 1.29 is 19.1 Å². The zero-order valence-electron chi connectivity index (χ0n) is 11.9. The number of nitrogens with zero attached hydrogens (tertiary/aromatic N) is 1. The number of rotatable bonds is 3. The van der Waals surface area contributed by atoms with Gasteiger partial charge in [0, 0.05) is 30.3 Å². The number of aliphatic carboxylic acids is 1. The van der Waals surface area contributed by atoms with Crippen LogP contribution in [0, 0.1) is 11.7 Å². The molecule has 1 N–H and O–H groups in total. The Morgan fingerprint density at radius 1 is 1.33 bits per heavy atom. The molecule has 2 rings (SSSR count). The van der Waals surface area contributed by atoms with Crippen LogP contribution in [0.5, 0.6) is 0 Å². The minimum Gasteiger partial charge on any atom is -0.478 e. The molecule has 0 bridgehead atoms. The Kier molecular flexibility index (Phi) is 4.73. The van der Waals surface area contributed by atoms with Gasteiger partial charge in [-0.25, -0.2) is 9.18 Å². The van der Waals surface area contributed by atoms with Gasteiger partial charge in [-0.05, 0) is 37.0 Å². The van der Waals surface area contributed by atoms with E-state index in [4.69, 9.17) is 5.11 Å². The molecule has 0 atom stereocenters. The van der Waals surface area contributed by atoms with Gasteiger partial charge in [0.2, 0.25) is 0 Å². The lowest BCUT2D eigenvalue weighted by molar-refractivity contribution is -0.131. The van der Waals surface area contributed by atoms with Crippen molar-refractivity contribution in [2.45, 2.75) is 19.8 Å². The molecule has 1 heterocycles. The van der Waals surface area contributed by atoms with Gasteiger partial charge in [-0.3, -0.25) is 4.79 Å². The Morgan fingerprint density at radius 2 is 2.00 bits per heavy atom. The quantitative estimate of drug-likeness (QED) is 0.871. The number of amides is 1. The lowest BCUT2D eigenvalue weighted by Crippen LogP contribution is -2.37. The van der Waals surface area contributed by atoms with Crippen molar-refractivity contribution in [3.05, 3.63) is 41.2 Å². The zero-order chi connectivity index (χ0) is 15.4. The van der Waals surface area contributed by atoms with Crippen molar-refractivity contribution in [3.8, 4) is 0 Å². The van der Waals surface area contributed by atoms with Crippen molar-refractivity contribution in [1.29, 1.82) is 0 Å². The molecule has 0 aromatic heterocycles. The molecule has 1 saturated heterocycles. The van der Waals surface area contributed by atoms with Crippen LogP contribution in [0.25, 0.3) is 6.08 Å². The fraction of sp³-hybridized carbons (Fsp3) is 0.375. The summed E-state index contributed by atoms with van der Waals surface area (Å²) in [6.07, 6.45) is 3.97. The van der Waals surface area contributed by atoms with E-state index in [1.807, 2.05) is 0 Å². The topological polar surface area (TPSA) is 57.6 Å². The minimum absolute atomic E-state index is 0.154. The van der Waals surface area contributed by atoms with E-state index in [2.05, 4.69) is 6.92 Å². The summed E-state index contributed by atoms with van der Waals surface area (Å²) in [6.45, 7) is 3.55. The highest BCUT2D eigenvalue weighted by Crippen LogP contribution is 2.19. The van der Waals surface area contributed by atoms with Crippen LogP contribution in [0.3, 0.4) is 0 Å². The van der Waals surface area contributed by atoms with Gasteiger partial charge in [0.15, 0.2) is 0 Å². The molecule has 0 unspecified atom stereocenters. The molecule has 0 spiro atoms. The molecule has 21 heavy (non-hydrogen) atoms. The van der Waals surface area contributed by atoms with Crippen LogP contribution in [-0.4, -0.2) is 35.0 Å². The highest BCUT2D eigenvalue weighted by Gasteiger charge is 2.21. The average Bonchev–Trinajstić information content (AvgIpc) is 2.46. The van der Waals surface area contributed by atoms with Gasteiger partial charge in [-0.15, -0.1) is 0 Å². The van der Waals surface area contributed by atoms with E-state index in [9.17, 15) is 14.0 Å². The van der Waals surface area contributed by atoms with Gasteiger partial charge in [0.1, 0.15) is 5.82 Å². The Labute approximate surface area is 122 Å². The van der Waals surface area contributed by atoms with Gasteiger partial charge in [-0.1, -0.05) is 13.0 Å². The van der Waals surface area contributed by atoms with Gasteiger partial charge in [0.05, 0.1) is 0 Å². The first-order valence-electron chi connectivity index (χ1n) is 6.97. The van der Waals surface area contributed by atoms with Crippen LogP contribution < -0.4 is 0 Å². The molecule has 5 heteroatoms. The summed E-state index contributed by atoms with van der Waals surface area (Å²) < 4.78 is 13.9. The van der Waals surface area contributed by atoms with Crippen molar-refractivity contribution in [2.75, 3.05) is 13.1 Å². The summed E-state index contributed by atoms with van der Waals surface area (Å²) in [5.41, 5.74) is 0.454. The number of carboxylic acids is 1. The second kappa shape index (κ2) is 6.52. The number of carbonyl (C=O) groups excluding carboxylic acids is 1. The number of hydrogen-bond donors (Lipinski definition) is 1. The molecule has 4 nitrogen and oxygen atoms in total. The molecule has 0 saturated carbocycles. The molecule has 0 aliphatic carbocycles. The molecular formula is C16H18FNO3. The summed E-state index contributed by atoms with van der Waals surface area (Å²) in [5, 5.41) is 8.53. The first kappa shape index (κ1) is 15.2. The third-order valence-electron chi connectivity index (χ3n) is 3.72. The fourth-order valence-corrected chi connectivity index (χ4v) is 2.35. The predicted molar refractivity (Wildman–Crippen MR) is 77.4 cm³/mol.